The largest absolute Gasteiger partial charge is 0.350 e. The Morgan fingerprint density at radius 2 is 2.10 bits per heavy atom. The van der Waals surface area contributed by atoms with Gasteiger partial charge in [-0.15, -0.1) is 0 Å². The molecule has 0 aliphatic heterocycles. The number of aromatic nitrogens is 2. The summed E-state index contributed by atoms with van der Waals surface area (Å²) in [6.07, 6.45) is 4.88. The number of hydrogen-bond donors (Lipinski definition) is 1. The molecule has 0 saturated heterocycles. The third-order valence-electron chi connectivity index (χ3n) is 4.54. The van der Waals surface area contributed by atoms with Gasteiger partial charge in [-0.1, -0.05) is 47.0 Å². The third-order valence-corrected chi connectivity index (χ3v) is 5.73. The second kappa shape index (κ2) is 5.79. The van der Waals surface area contributed by atoms with Gasteiger partial charge in [0, 0.05) is 24.3 Å². The van der Waals surface area contributed by atoms with Crippen LogP contribution < -0.4 is 5.32 Å². The lowest BCUT2D eigenvalue weighted by atomic mass is 9.89. The summed E-state index contributed by atoms with van der Waals surface area (Å²) >= 11 is 3.61. The van der Waals surface area contributed by atoms with Crippen molar-refractivity contribution in [3.8, 4) is 0 Å². The Labute approximate surface area is 133 Å². The number of amides is 1. The number of aryl methyl sites for hydroxylation is 1. The van der Waals surface area contributed by atoms with Gasteiger partial charge in [-0.25, -0.2) is 0 Å². The summed E-state index contributed by atoms with van der Waals surface area (Å²) in [6, 6.07) is 7.84. The van der Waals surface area contributed by atoms with Gasteiger partial charge in [0.25, 0.3) is 5.91 Å². The van der Waals surface area contributed by atoms with Crippen LogP contribution in [0.3, 0.4) is 0 Å². The van der Waals surface area contributed by atoms with E-state index < -0.39 is 0 Å². The predicted octanol–water partition coefficient (Wildman–Crippen LogP) is 3.26. The Balaban J connectivity index is 1.78. The minimum absolute atomic E-state index is 0.0703. The molecule has 0 unspecified atom stereocenters. The number of halogens is 1. The van der Waals surface area contributed by atoms with E-state index in [9.17, 15) is 4.79 Å². The molecule has 1 aromatic heterocycles. The molecule has 0 bridgehead atoms. The Morgan fingerprint density at radius 1 is 1.38 bits per heavy atom. The summed E-state index contributed by atoms with van der Waals surface area (Å²) in [5.41, 5.74) is 1.73. The van der Waals surface area contributed by atoms with Gasteiger partial charge in [0.2, 0.25) is 0 Å². The predicted molar refractivity (Wildman–Crippen MR) is 87.7 cm³/mol. The van der Waals surface area contributed by atoms with Gasteiger partial charge in [0.1, 0.15) is 0 Å². The van der Waals surface area contributed by atoms with Crippen molar-refractivity contribution in [3.63, 3.8) is 0 Å². The number of para-hydroxylation sites is 1. The van der Waals surface area contributed by atoms with Crippen molar-refractivity contribution >= 4 is 32.7 Å². The van der Waals surface area contributed by atoms with Crippen LogP contribution in [-0.4, -0.2) is 27.6 Å². The van der Waals surface area contributed by atoms with Gasteiger partial charge < -0.3 is 5.32 Å². The average molecular weight is 350 g/mol. The number of nitrogens with one attached hydrogen (secondary N) is 1. The van der Waals surface area contributed by atoms with Crippen LogP contribution in [0.5, 0.6) is 0 Å². The number of hydrogen-bond acceptors (Lipinski definition) is 2. The first-order valence-corrected chi connectivity index (χ1v) is 8.53. The minimum atomic E-state index is -0.0703. The molecule has 4 nitrogen and oxygen atoms in total. The fourth-order valence-corrected chi connectivity index (χ4v) is 3.97. The highest BCUT2D eigenvalue weighted by atomic mass is 79.9. The number of fused-ring (bicyclic) bond motifs is 1. The second-order valence-corrected chi connectivity index (χ2v) is 6.57. The maximum atomic E-state index is 12.5. The van der Waals surface area contributed by atoms with E-state index in [-0.39, 0.29) is 11.3 Å². The standard InChI is InChI=1S/C16H20BrN3O/c1-20-13-7-3-2-6-12(13)14(19-20)15(21)18-11-16(10-17)8-4-5-9-16/h2-3,6-7H,4-5,8-11H2,1H3,(H,18,21). The highest BCUT2D eigenvalue weighted by Crippen LogP contribution is 2.39. The van der Waals surface area contributed by atoms with Crippen molar-refractivity contribution in [2.75, 3.05) is 11.9 Å². The summed E-state index contributed by atoms with van der Waals surface area (Å²) in [5, 5.41) is 9.33. The number of carbonyl (C=O) groups excluding carboxylic acids is 1. The van der Waals surface area contributed by atoms with Crippen LogP contribution in [-0.2, 0) is 7.05 Å². The van der Waals surface area contributed by atoms with E-state index in [1.807, 2.05) is 31.3 Å². The van der Waals surface area contributed by atoms with Gasteiger partial charge in [-0.2, -0.15) is 5.10 Å². The molecule has 1 N–H and O–H groups in total. The van der Waals surface area contributed by atoms with Gasteiger partial charge in [0.15, 0.2) is 5.69 Å². The Hall–Kier alpha value is -1.36. The molecule has 1 saturated carbocycles. The maximum Gasteiger partial charge on any atom is 0.272 e. The molecule has 3 rings (SSSR count). The van der Waals surface area contributed by atoms with Crippen molar-refractivity contribution in [1.82, 2.24) is 15.1 Å². The molecule has 1 aliphatic carbocycles. The number of benzene rings is 1. The molecule has 1 amide bonds. The van der Waals surface area contributed by atoms with Crippen LogP contribution in [0, 0.1) is 5.41 Å². The molecule has 1 heterocycles. The average Bonchev–Trinajstić information content (AvgIpc) is 3.11. The summed E-state index contributed by atoms with van der Waals surface area (Å²) in [7, 11) is 1.87. The van der Waals surface area contributed by atoms with E-state index >= 15 is 0 Å². The summed E-state index contributed by atoms with van der Waals surface area (Å²) in [5.74, 6) is -0.0703. The maximum absolute atomic E-state index is 12.5. The van der Waals surface area contributed by atoms with E-state index in [0.29, 0.717) is 5.69 Å². The zero-order valence-corrected chi connectivity index (χ0v) is 13.8. The van der Waals surface area contributed by atoms with Crippen molar-refractivity contribution in [2.45, 2.75) is 25.7 Å². The van der Waals surface area contributed by atoms with Gasteiger partial charge in [0.05, 0.1) is 5.52 Å². The van der Waals surface area contributed by atoms with Crippen LogP contribution in [0.25, 0.3) is 10.9 Å². The molecule has 21 heavy (non-hydrogen) atoms. The Kier molecular flexibility index (Phi) is 4.02. The van der Waals surface area contributed by atoms with Gasteiger partial charge >= 0.3 is 0 Å². The molecule has 5 heteroatoms. The van der Waals surface area contributed by atoms with Crippen LogP contribution in [0.15, 0.2) is 24.3 Å². The molecule has 1 fully saturated rings. The highest BCUT2D eigenvalue weighted by Gasteiger charge is 2.33. The topological polar surface area (TPSA) is 46.9 Å². The van der Waals surface area contributed by atoms with E-state index in [4.69, 9.17) is 0 Å². The summed E-state index contributed by atoms with van der Waals surface area (Å²) in [4.78, 5) is 12.5. The molecular formula is C16H20BrN3O. The lowest BCUT2D eigenvalue weighted by Crippen LogP contribution is -2.37. The summed E-state index contributed by atoms with van der Waals surface area (Å²) in [6.45, 7) is 0.724. The van der Waals surface area contributed by atoms with E-state index in [2.05, 4.69) is 26.3 Å². The fourth-order valence-electron chi connectivity index (χ4n) is 3.22. The highest BCUT2D eigenvalue weighted by molar-refractivity contribution is 9.09. The molecule has 112 valence electrons. The van der Waals surface area contributed by atoms with Crippen LogP contribution >= 0.6 is 15.9 Å². The first-order chi connectivity index (χ1) is 10.2. The molecule has 2 aromatic rings. The Morgan fingerprint density at radius 3 is 2.81 bits per heavy atom. The van der Waals surface area contributed by atoms with E-state index in [1.165, 1.54) is 25.7 Å². The van der Waals surface area contributed by atoms with E-state index in [1.54, 1.807) is 4.68 Å². The number of alkyl halides is 1. The molecule has 0 spiro atoms. The van der Waals surface area contributed by atoms with Crippen molar-refractivity contribution in [2.24, 2.45) is 12.5 Å². The lowest BCUT2D eigenvalue weighted by Gasteiger charge is -2.26. The van der Waals surface area contributed by atoms with Crippen LogP contribution in [0.2, 0.25) is 0 Å². The monoisotopic (exact) mass is 349 g/mol. The molecule has 0 atom stereocenters. The molecule has 1 aliphatic rings. The first kappa shape index (κ1) is 14.6. The first-order valence-electron chi connectivity index (χ1n) is 7.41. The zero-order chi connectivity index (χ0) is 14.9. The zero-order valence-electron chi connectivity index (χ0n) is 12.2. The van der Waals surface area contributed by atoms with Crippen molar-refractivity contribution < 1.29 is 4.79 Å². The lowest BCUT2D eigenvalue weighted by molar-refractivity contribution is 0.0931. The summed E-state index contributed by atoms with van der Waals surface area (Å²) < 4.78 is 1.76. The molecule has 1 aromatic carbocycles. The SMILES string of the molecule is Cn1nc(C(=O)NCC2(CBr)CCCC2)c2ccccc21. The molecular weight excluding hydrogens is 330 g/mol. The second-order valence-electron chi connectivity index (χ2n) is 6.01. The minimum Gasteiger partial charge on any atom is -0.350 e. The fraction of sp³-hybridized carbons (Fsp3) is 0.500. The van der Waals surface area contributed by atoms with Gasteiger partial charge in [-0.05, 0) is 24.3 Å². The smallest absolute Gasteiger partial charge is 0.272 e. The third kappa shape index (κ3) is 2.71. The van der Waals surface area contributed by atoms with Gasteiger partial charge in [-0.3, -0.25) is 9.48 Å². The molecule has 0 radical (unpaired) electrons. The normalized spacial score (nSPS) is 17.2. The van der Waals surface area contributed by atoms with Crippen LogP contribution in [0.4, 0.5) is 0 Å². The number of rotatable bonds is 4. The number of nitrogens with zero attached hydrogens (tertiary/aromatic N) is 2. The van der Waals surface area contributed by atoms with Crippen LogP contribution in [0.1, 0.15) is 36.2 Å². The van der Waals surface area contributed by atoms with E-state index in [0.717, 1.165) is 22.8 Å². The Bertz CT molecular complexity index is 659. The number of carbonyl (C=O) groups is 1. The quantitative estimate of drug-likeness (QED) is 0.861. The van der Waals surface area contributed by atoms with Crippen molar-refractivity contribution in [3.05, 3.63) is 30.0 Å². The van der Waals surface area contributed by atoms with Crippen molar-refractivity contribution in [1.29, 1.82) is 0 Å².